The molecule has 2 heterocycles. The zero-order chi connectivity index (χ0) is 7.84. The smallest absolute Gasteiger partial charge is 0.303 e. The van der Waals surface area contributed by atoms with Gasteiger partial charge in [-0.05, 0) is 27.5 Å². The van der Waals surface area contributed by atoms with E-state index < -0.39 is 0 Å². The number of fused-ring (bicyclic) bond motifs is 1. The summed E-state index contributed by atoms with van der Waals surface area (Å²) in [6, 6.07) is 0.540. The number of aromatic nitrogens is 2. The lowest BCUT2D eigenvalue weighted by Crippen LogP contribution is -2.09. The third kappa shape index (κ3) is 1.16. The van der Waals surface area contributed by atoms with E-state index in [1.807, 2.05) is 10.8 Å². The molecule has 0 N–H and O–H groups in total. The molecule has 58 valence electrons. The molecule has 0 spiro atoms. The van der Waals surface area contributed by atoms with Crippen molar-refractivity contribution in [1.29, 1.82) is 0 Å². The van der Waals surface area contributed by atoms with Crippen LogP contribution in [0.5, 0.6) is 6.01 Å². The van der Waals surface area contributed by atoms with Crippen LogP contribution in [-0.4, -0.2) is 9.55 Å². The number of hydrogen-bond donors (Lipinski definition) is 0. The standard InChI is InChI=1S/C6H4BrClN2O/c7-4-3-10-2-1-9-6(10)11-5(4)8/h1-2H,3H2. The van der Waals surface area contributed by atoms with Gasteiger partial charge in [-0.15, -0.1) is 0 Å². The predicted molar refractivity (Wildman–Crippen MR) is 44.7 cm³/mol. The van der Waals surface area contributed by atoms with Crippen molar-refractivity contribution in [2.45, 2.75) is 6.54 Å². The van der Waals surface area contributed by atoms with Crippen molar-refractivity contribution >= 4 is 27.5 Å². The lowest BCUT2D eigenvalue weighted by molar-refractivity contribution is 0.379. The maximum Gasteiger partial charge on any atom is 0.303 e. The van der Waals surface area contributed by atoms with Gasteiger partial charge in [-0.3, -0.25) is 4.57 Å². The average molecular weight is 235 g/mol. The molecule has 0 aliphatic carbocycles. The first-order valence-electron chi connectivity index (χ1n) is 3.00. The van der Waals surface area contributed by atoms with E-state index in [4.69, 9.17) is 16.3 Å². The summed E-state index contributed by atoms with van der Waals surface area (Å²) in [5.41, 5.74) is 0. The van der Waals surface area contributed by atoms with Gasteiger partial charge in [-0.1, -0.05) is 0 Å². The SMILES string of the molecule is ClC1=C(Br)Cn2ccnc2O1. The molecular formula is C6H4BrClN2O. The van der Waals surface area contributed by atoms with Gasteiger partial charge in [0.1, 0.15) is 0 Å². The average Bonchev–Trinajstić information content (AvgIpc) is 2.36. The van der Waals surface area contributed by atoms with Crippen LogP contribution < -0.4 is 4.74 Å². The summed E-state index contributed by atoms with van der Waals surface area (Å²) in [5, 5.41) is 0.365. The zero-order valence-corrected chi connectivity index (χ0v) is 7.76. The van der Waals surface area contributed by atoms with E-state index in [-0.39, 0.29) is 0 Å². The maximum absolute atomic E-state index is 5.71. The Morgan fingerprint density at radius 3 is 3.36 bits per heavy atom. The van der Waals surface area contributed by atoms with Gasteiger partial charge in [0.15, 0.2) is 0 Å². The van der Waals surface area contributed by atoms with E-state index in [9.17, 15) is 0 Å². The lowest BCUT2D eigenvalue weighted by Gasteiger charge is -2.14. The Morgan fingerprint density at radius 2 is 2.55 bits per heavy atom. The number of imidazole rings is 1. The van der Waals surface area contributed by atoms with Crippen LogP contribution in [0.15, 0.2) is 22.1 Å². The molecule has 0 amide bonds. The molecule has 1 aliphatic heterocycles. The van der Waals surface area contributed by atoms with Gasteiger partial charge in [0, 0.05) is 12.4 Å². The normalized spacial score (nSPS) is 16.2. The second-order valence-corrected chi connectivity index (χ2v) is 3.42. The van der Waals surface area contributed by atoms with Crippen LogP contribution in [-0.2, 0) is 6.54 Å². The number of allylic oxidation sites excluding steroid dienone is 1. The summed E-state index contributed by atoms with van der Waals surface area (Å²) in [5.74, 6) is 0. The first kappa shape index (κ1) is 7.18. The van der Waals surface area contributed by atoms with Crippen molar-refractivity contribution in [2.24, 2.45) is 0 Å². The summed E-state index contributed by atoms with van der Waals surface area (Å²) in [7, 11) is 0. The van der Waals surface area contributed by atoms with Crippen molar-refractivity contribution in [2.75, 3.05) is 0 Å². The third-order valence-electron chi connectivity index (χ3n) is 1.38. The highest BCUT2D eigenvalue weighted by Gasteiger charge is 2.16. The van der Waals surface area contributed by atoms with Gasteiger partial charge >= 0.3 is 6.01 Å². The Kier molecular flexibility index (Phi) is 1.65. The number of ether oxygens (including phenoxy) is 1. The van der Waals surface area contributed by atoms with Gasteiger partial charge in [-0.25, -0.2) is 4.98 Å². The third-order valence-corrected chi connectivity index (χ3v) is 2.53. The van der Waals surface area contributed by atoms with Crippen molar-refractivity contribution in [1.82, 2.24) is 9.55 Å². The summed E-state index contributed by atoms with van der Waals surface area (Å²) in [6.45, 7) is 0.689. The molecule has 1 aromatic heterocycles. The van der Waals surface area contributed by atoms with Crippen LogP contribution in [0.2, 0.25) is 0 Å². The van der Waals surface area contributed by atoms with Gasteiger partial charge in [0.2, 0.25) is 5.22 Å². The van der Waals surface area contributed by atoms with Crippen LogP contribution in [0.1, 0.15) is 0 Å². The molecule has 0 fully saturated rings. The summed E-state index contributed by atoms with van der Waals surface area (Å²) >= 11 is 8.99. The molecule has 2 rings (SSSR count). The minimum atomic E-state index is 0.365. The van der Waals surface area contributed by atoms with Crippen LogP contribution in [0.4, 0.5) is 0 Å². The molecule has 0 unspecified atom stereocenters. The first-order chi connectivity index (χ1) is 5.27. The van der Waals surface area contributed by atoms with Gasteiger partial charge < -0.3 is 4.74 Å². The topological polar surface area (TPSA) is 27.1 Å². The van der Waals surface area contributed by atoms with Crippen LogP contribution in [0, 0.1) is 0 Å². The molecule has 11 heavy (non-hydrogen) atoms. The number of halogens is 2. The number of rotatable bonds is 0. The molecular weight excluding hydrogens is 231 g/mol. The number of hydrogen-bond acceptors (Lipinski definition) is 2. The molecule has 1 aromatic rings. The molecule has 0 radical (unpaired) electrons. The summed E-state index contributed by atoms with van der Waals surface area (Å²) < 4.78 is 7.83. The Labute approximate surface area is 76.8 Å². The van der Waals surface area contributed by atoms with Crippen molar-refractivity contribution in [3.8, 4) is 6.01 Å². The molecule has 1 aliphatic rings. The first-order valence-corrected chi connectivity index (χ1v) is 4.17. The number of nitrogens with zero attached hydrogens (tertiary/aromatic N) is 2. The van der Waals surface area contributed by atoms with E-state index in [0.717, 1.165) is 4.48 Å². The Bertz CT molecular complexity index is 292. The van der Waals surface area contributed by atoms with E-state index >= 15 is 0 Å². The van der Waals surface area contributed by atoms with Crippen molar-refractivity contribution in [3.63, 3.8) is 0 Å². The fourth-order valence-corrected chi connectivity index (χ4v) is 1.35. The molecule has 0 aromatic carbocycles. The molecule has 3 nitrogen and oxygen atoms in total. The summed E-state index contributed by atoms with van der Waals surface area (Å²) in [6.07, 6.45) is 3.50. The van der Waals surface area contributed by atoms with E-state index in [1.165, 1.54) is 0 Å². The lowest BCUT2D eigenvalue weighted by atomic mass is 10.5. The molecule has 0 atom stereocenters. The van der Waals surface area contributed by atoms with E-state index in [0.29, 0.717) is 17.8 Å². The van der Waals surface area contributed by atoms with E-state index in [1.54, 1.807) is 6.20 Å². The predicted octanol–water partition coefficient (Wildman–Crippen LogP) is 2.08. The Morgan fingerprint density at radius 1 is 1.73 bits per heavy atom. The fraction of sp³-hybridized carbons (Fsp3) is 0.167. The van der Waals surface area contributed by atoms with Gasteiger partial charge in [0.05, 0.1) is 11.0 Å². The highest BCUT2D eigenvalue weighted by Crippen LogP contribution is 2.27. The Hall–Kier alpha value is -0.480. The van der Waals surface area contributed by atoms with Crippen LogP contribution in [0.25, 0.3) is 0 Å². The molecule has 0 saturated heterocycles. The second kappa shape index (κ2) is 2.53. The second-order valence-electron chi connectivity index (χ2n) is 2.12. The van der Waals surface area contributed by atoms with E-state index in [2.05, 4.69) is 20.9 Å². The quantitative estimate of drug-likeness (QED) is 0.688. The molecule has 0 bridgehead atoms. The highest BCUT2D eigenvalue weighted by atomic mass is 79.9. The largest absolute Gasteiger partial charge is 0.412 e. The van der Waals surface area contributed by atoms with Crippen molar-refractivity contribution < 1.29 is 4.74 Å². The van der Waals surface area contributed by atoms with Crippen LogP contribution >= 0.6 is 27.5 Å². The van der Waals surface area contributed by atoms with Crippen LogP contribution in [0.3, 0.4) is 0 Å². The molecule has 0 saturated carbocycles. The van der Waals surface area contributed by atoms with Crippen molar-refractivity contribution in [3.05, 3.63) is 22.1 Å². The Balaban J connectivity index is 2.41. The fourth-order valence-electron chi connectivity index (χ4n) is 0.868. The monoisotopic (exact) mass is 234 g/mol. The zero-order valence-electron chi connectivity index (χ0n) is 5.42. The van der Waals surface area contributed by atoms with Gasteiger partial charge in [-0.2, -0.15) is 0 Å². The highest BCUT2D eigenvalue weighted by molar-refractivity contribution is 9.11. The summed E-state index contributed by atoms with van der Waals surface area (Å²) in [4.78, 5) is 3.94. The minimum Gasteiger partial charge on any atom is -0.412 e. The van der Waals surface area contributed by atoms with Gasteiger partial charge in [0.25, 0.3) is 0 Å². The molecule has 5 heteroatoms. The maximum atomic E-state index is 5.71. The minimum absolute atomic E-state index is 0.365.